The largest absolute Gasteiger partial charge is 0.324 e. The summed E-state index contributed by atoms with van der Waals surface area (Å²) in [5.74, 6) is -0.382. The second-order valence-corrected chi connectivity index (χ2v) is 7.56. The fourth-order valence-corrected chi connectivity index (χ4v) is 3.71. The number of halogens is 4. The minimum absolute atomic E-state index is 0.0750. The molecule has 1 atom stereocenters. The average molecular weight is 416 g/mol. The molecular weight excluding hydrogens is 403 g/mol. The molecule has 0 fully saturated rings. The predicted molar refractivity (Wildman–Crippen MR) is 101 cm³/mol. The molecule has 2 aromatic carbocycles. The number of aromatic nitrogens is 2. The summed E-state index contributed by atoms with van der Waals surface area (Å²) in [7, 11) is 0. The maximum Gasteiger partial charge on any atom is 0.321 e. The minimum atomic E-state index is -2.76. The third-order valence-corrected chi connectivity index (χ3v) is 5.21. The third-order valence-electron chi connectivity index (χ3n) is 3.60. The van der Waals surface area contributed by atoms with Gasteiger partial charge in [-0.1, -0.05) is 47.1 Å². The molecule has 0 unspecified atom stereocenters. The molecule has 1 aromatic heterocycles. The van der Waals surface area contributed by atoms with Gasteiger partial charge >= 0.3 is 6.55 Å². The number of hydrogen-bond donors (Lipinski definition) is 1. The lowest BCUT2D eigenvalue weighted by Crippen LogP contribution is -2.23. The normalized spacial score (nSPS) is 12.5. The number of carbonyl (C=O) groups is 1. The number of amides is 1. The summed E-state index contributed by atoms with van der Waals surface area (Å²) in [4.78, 5) is 16.6. The molecule has 0 bridgehead atoms. The van der Waals surface area contributed by atoms with Crippen LogP contribution in [0.1, 0.15) is 13.5 Å². The van der Waals surface area contributed by atoms with Crippen LogP contribution in [-0.4, -0.2) is 20.7 Å². The van der Waals surface area contributed by atoms with Gasteiger partial charge in [-0.2, -0.15) is 8.78 Å². The monoisotopic (exact) mass is 415 g/mol. The molecule has 0 aliphatic heterocycles. The fourth-order valence-electron chi connectivity index (χ4n) is 2.33. The lowest BCUT2D eigenvalue weighted by Gasteiger charge is -2.14. The summed E-state index contributed by atoms with van der Waals surface area (Å²) >= 11 is 12.8. The lowest BCUT2D eigenvalue weighted by molar-refractivity contribution is -0.115. The van der Waals surface area contributed by atoms with E-state index in [1.165, 1.54) is 6.07 Å². The predicted octanol–water partition coefficient (Wildman–Crippen LogP) is 5.86. The van der Waals surface area contributed by atoms with E-state index >= 15 is 0 Å². The van der Waals surface area contributed by atoms with Gasteiger partial charge in [0.1, 0.15) is 0 Å². The molecule has 1 amide bonds. The Labute approximate surface area is 162 Å². The molecule has 1 N–H and O–H groups in total. The second-order valence-electron chi connectivity index (χ2n) is 5.40. The van der Waals surface area contributed by atoms with Crippen molar-refractivity contribution in [3.8, 4) is 0 Å². The van der Waals surface area contributed by atoms with E-state index in [1.54, 1.807) is 43.3 Å². The van der Waals surface area contributed by atoms with E-state index in [0.717, 1.165) is 16.3 Å². The first-order valence-electron chi connectivity index (χ1n) is 7.54. The number of carbonyl (C=O) groups excluding carboxylic acids is 1. The van der Waals surface area contributed by atoms with Gasteiger partial charge in [0.25, 0.3) is 0 Å². The first-order chi connectivity index (χ1) is 12.4. The molecule has 9 heteroatoms. The number of anilines is 1. The number of benzene rings is 2. The second kappa shape index (κ2) is 7.82. The topological polar surface area (TPSA) is 46.9 Å². The Balaban J connectivity index is 1.81. The van der Waals surface area contributed by atoms with E-state index in [2.05, 4.69) is 10.3 Å². The van der Waals surface area contributed by atoms with Gasteiger partial charge in [-0.3, -0.25) is 9.36 Å². The molecule has 1 heterocycles. The van der Waals surface area contributed by atoms with Crippen LogP contribution in [-0.2, 0) is 4.79 Å². The Hall–Kier alpha value is -1.83. The van der Waals surface area contributed by atoms with E-state index in [1.807, 2.05) is 0 Å². The molecule has 0 aliphatic rings. The number of nitrogens with zero attached hydrogens (tertiary/aromatic N) is 2. The van der Waals surface area contributed by atoms with Gasteiger partial charge in [0.15, 0.2) is 5.16 Å². The molecule has 0 radical (unpaired) electrons. The van der Waals surface area contributed by atoms with E-state index in [-0.39, 0.29) is 11.1 Å². The first-order valence-corrected chi connectivity index (χ1v) is 9.18. The van der Waals surface area contributed by atoms with Crippen molar-refractivity contribution in [3.63, 3.8) is 0 Å². The van der Waals surface area contributed by atoms with Crippen LogP contribution < -0.4 is 5.32 Å². The minimum Gasteiger partial charge on any atom is -0.324 e. The Morgan fingerprint density at radius 1 is 1.23 bits per heavy atom. The summed E-state index contributed by atoms with van der Waals surface area (Å²) in [6.07, 6.45) is 0. The summed E-state index contributed by atoms with van der Waals surface area (Å²) in [6, 6.07) is 11.3. The highest BCUT2D eigenvalue weighted by Gasteiger charge is 2.23. The van der Waals surface area contributed by atoms with Crippen molar-refractivity contribution in [1.29, 1.82) is 0 Å². The van der Waals surface area contributed by atoms with Crippen LogP contribution in [0, 0.1) is 0 Å². The Kier molecular flexibility index (Phi) is 5.70. The molecule has 0 saturated heterocycles. The van der Waals surface area contributed by atoms with Gasteiger partial charge in [-0.15, -0.1) is 0 Å². The zero-order valence-electron chi connectivity index (χ0n) is 13.4. The molecule has 136 valence electrons. The molecule has 0 saturated carbocycles. The van der Waals surface area contributed by atoms with Crippen LogP contribution in [0.5, 0.6) is 0 Å². The first kappa shape index (κ1) is 18.9. The van der Waals surface area contributed by atoms with Crippen molar-refractivity contribution in [2.45, 2.75) is 23.9 Å². The number of nitrogens with one attached hydrogen (secondary N) is 1. The number of hydrogen-bond acceptors (Lipinski definition) is 3. The SMILES string of the molecule is C[C@H](Sc1nc2ccccc2n1C(F)F)C(=O)Nc1ccc(Cl)cc1Cl. The number of alkyl halides is 2. The number of imidazole rings is 1. The number of fused-ring (bicyclic) bond motifs is 1. The molecule has 0 spiro atoms. The highest BCUT2D eigenvalue weighted by molar-refractivity contribution is 8.00. The van der Waals surface area contributed by atoms with Crippen molar-refractivity contribution >= 4 is 57.6 Å². The highest BCUT2D eigenvalue weighted by atomic mass is 35.5. The number of para-hydroxylation sites is 2. The maximum atomic E-state index is 13.5. The lowest BCUT2D eigenvalue weighted by atomic mass is 10.3. The zero-order chi connectivity index (χ0) is 18.8. The van der Waals surface area contributed by atoms with Gasteiger partial charge in [-0.25, -0.2) is 4.98 Å². The molecule has 3 rings (SSSR count). The Bertz CT molecular complexity index is 964. The van der Waals surface area contributed by atoms with Crippen molar-refractivity contribution in [3.05, 3.63) is 52.5 Å². The van der Waals surface area contributed by atoms with E-state index in [4.69, 9.17) is 23.2 Å². The maximum absolute atomic E-state index is 13.5. The summed E-state index contributed by atoms with van der Waals surface area (Å²) in [6.45, 7) is -1.15. The van der Waals surface area contributed by atoms with Gasteiger partial charge in [-0.05, 0) is 37.3 Å². The number of thioether (sulfide) groups is 1. The van der Waals surface area contributed by atoms with Gasteiger partial charge in [0, 0.05) is 5.02 Å². The molecular formula is C17H13Cl2F2N3OS. The van der Waals surface area contributed by atoms with Crippen LogP contribution in [0.4, 0.5) is 14.5 Å². The van der Waals surface area contributed by atoms with E-state index in [0.29, 0.717) is 26.8 Å². The van der Waals surface area contributed by atoms with E-state index < -0.39 is 11.8 Å². The Morgan fingerprint density at radius 2 is 1.96 bits per heavy atom. The Morgan fingerprint density at radius 3 is 2.65 bits per heavy atom. The average Bonchev–Trinajstić information content (AvgIpc) is 2.95. The molecule has 3 aromatic rings. The quantitative estimate of drug-likeness (QED) is 0.530. The summed E-state index contributed by atoms with van der Waals surface area (Å²) in [5, 5.41) is 2.81. The van der Waals surface area contributed by atoms with Gasteiger partial charge < -0.3 is 5.32 Å². The van der Waals surface area contributed by atoms with Gasteiger partial charge in [0.2, 0.25) is 5.91 Å². The fraction of sp³-hybridized carbons (Fsp3) is 0.176. The van der Waals surface area contributed by atoms with Crippen LogP contribution in [0.25, 0.3) is 11.0 Å². The smallest absolute Gasteiger partial charge is 0.321 e. The summed E-state index contributed by atoms with van der Waals surface area (Å²) in [5.41, 5.74) is 1.16. The van der Waals surface area contributed by atoms with Crippen molar-refractivity contribution < 1.29 is 13.6 Å². The third kappa shape index (κ3) is 3.95. The van der Waals surface area contributed by atoms with Gasteiger partial charge in [0.05, 0.1) is 27.0 Å². The van der Waals surface area contributed by atoms with Crippen molar-refractivity contribution in [2.24, 2.45) is 0 Å². The molecule has 0 aliphatic carbocycles. The summed E-state index contributed by atoms with van der Waals surface area (Å²) < 4.78 is 27.7. The standard InChI is InChI=1S/C17H13Cl2F2N3OS/c1-9(15(25)22-12-7-6-10(18)8-11(12)19)26-17-23-13-4-2-3-5-14(13)24(17)16(20)21/h2-9,16H,1H3,(H,22,25)/t9-/m0/s1. The van der Waals surface area contributed by atoms with Crippen LogP contribution in [0.3, 0.4) is 0 Å². The van der Waals surface area contributed by atoms with Crippen LogP contribution in [0.2, 0.25) is 10.0 Å². The van der Waals surface area contributed by atoms with Crippen molar-refractivity contribution in [2.75, 3.05) is 5.32 Å². The van der Waals surface area contributed by atoms with Crippen LogP contribution >= 0.6 is 35.0 Å². The zero-order valence-corrected chi connectivity index (χ0v) is 15.7. The van der Waals surface area contributed by atoms with E-state index in [9.17, 15) is 13.6 Å². The number of rotatable bonds is 5. The molecule has 4 nitrogen and oxygen atoms in total. The molecule has 26 heavy (non-hydrogen) atoms. The van der Waals surface area contributed by atoms with Crippen LogP contribution in [0.15, 0.2) is 47.6 Å². The highest BCUT2D eigenvalue weighted by Crippen LogP contribution is 2.32. The van der Waals surface area contributed by atoms with Crippen molar-refractivity contribution in [1.82, 2.24) is 9.55 Å².